The highest BCUT2D eigenvalue weighted by Crippen LogP contribution is 2.25. The van der Waals surface area contributed by atoms with Crippen LogP contribution >= 0.6 is 0 Å². The Hall–Kier alpha value is -2.04. The summed E-state index contributed by atoms with van der Waals surface area (Å²) in [5.74, 6) is -2.27. The van der Waals surface area contributed by atoms with Crippen LogP contribution in [0.3, 0.4) is 0 Å². The Balaban J connectivity index is 2.32. The number of alkyl halides is 1. The summed E-state index contributed by atoms with van der Waals surface area (Å²) in [7, 11) is 0. The van der Waals surface area contributed by atoms with E-state index in [1.807, 2.05) is 0 Å². The lowest BCUT2D eigenvalue weighted by Crippen LogP contribution is -2.30. The van der Waals surface area contributed by atoms with E-state index in [0.717, 1.165) is 17.7 Å². The molecule has 0 spiro atoms. The molecular weight excluding hydrogens is 255 g/mol. The van der Waals surface area contributed by atoms with Gasteiger partial charge in [0.15, 0.2) is 17.9 Å². The number of allylic oxidation sites excluding steroid dienone is 2. The number of nitrogens with one attached hydrogen (secondary N) is 1. The van der Waals surface area contributed by atoms with Crippen LogP contribution in [0.5, 0.6) is 0 Å². The summed E-state index contributed by atoms with van der Waals surface area (Å²) in [4.78, 5) is 10.8. The molecule has 0 fully saturated rings. The molecule has 0 bridgehead atoms. The normalized spacial score (nSPS) is 22.0. The first-order valence-corrected chi connectivity index (χ1v) is 5.73. The van der Waals surface area contributed by atoms with Gasteiger partial charge >= 0.3 is 0 Å². The van der Waals surface area contributed by atoms with Gasteiger partial charge in [-0.1, -0.05) is 17.7 Å². The van der Waals surface area contributed by atoms with Crippen LogP contribution in [-0.4, -0.2) is 18.5 Å². The summed E-state index contributed by atoms with van der Waals surface area (Å²) < 4.78 is 40.6. The third-order valence-electron chi connectivity index (χ3n) is 2.90. The van der Waals surface area contributed by atoms with Gasteiger partial charge in [0.1, 0.15) is 6.17 Å². The molecule has 1 N–H and O–H groups in total. The molecule has 0 aliphatic heterocycles. The number of aldehydes is 1. The predicted octanol–water partition coefficient (Wildman–Crippen LogP) is 3.41. The van der Waals surface area contributed by atoms with Gasteiger partial charge < -0.3 is 5.32 Å². The van der Waals surface area contributed by atoms with Crippen LogP contribution in [0.2, 0.25) is 0 Å². The second kappa shape index (κ2) is 5.30. The summed E-state index contributed by atoms with van der Waals surface area (Å²) in [5.41, 5.74) is 0.381. The van der Waals surface area contributed by atoms with Gasteiger partial charge in [-0.25, -0.2) is 13.2 Å². The van der Waals surface area contributed by atoms with Crippen molar-refractivity contribution in [2.24, 2.45) is 0 Å². The Morgan fingerprint density at radius 2 is 2.05 bits per heavy atom. The first-order chi connectivity index (χ1) is 9.02. The number of anilines is 1. The zero-order valence-corrected chi connectivity index (χ0v) is 10.2. The van der Waals surface area contributed by atoms with E-state index < -0.39 is 23.8 Å². The molecule has 19 heavy (non-hydrogen) atoms. The molecule has 0 radical (unpaired) electrons. The van der Waals surface area contributed by atoms with Gasteiger partial charge in [-0.05, 0) is 25.1 Å². The minimum Gasteiger partial charge on any atom is -0.373 e. The lowest BCUT2D eigenvalue weighted by atomic mass is 10.0. The van der Waals surface area contributed by atoms with E-state index in [1.165, 1.54) is 12.2 Å². The molecular formula is C14H12F3NO. The van der Waals surface area contributed by atoms with Crippen molar-refractivity contribution in [3.8, 4) is 0 Å². The summed E-state index contributed by atoms with van der Waals surface area (Å²) in [5, 5.41) is 2.53. The van der Waals surface area contributed by atoms with E-state index in [4.69, 9.17) is 0 Å². The molecule has 2 unspecified atom stereocenters. The molecule has 1 aromatic rings. The van der Waals surface area contributed by atoms with Crippen LogP contribution in [0.1, 0.15) is 17.3 Å². The zero-order chi connectivity index (χ0) is 14.0. The SMILES string of the molecule is CC1=CC(F)C(Nc2c(C=O)ccc(F)c2F)C=C1. The topological polar surface area (TPSA) is 29.1 Å². The van der Waals surface area contributed by atoms with Crippen LogP contribution in [0.4, 0.5) is 18.9 Å². The van der Waals surface area contributed by atoms with Crippen LogP contribution in [0, 0.1) is 11.6 Å². The Bertz CT molecular complexity index is 566. The lowest BCUT2D eigenvalue weighted by Gasteiger charge is -2.22. The molecule has 0 saturated heterocycles. The maximum Gasteiger partial charge on any atom is 0.182 e. The van der Waals surface area contributed by atoms with Crippen molar-refractivity contribution < 1.29 is 18.0 Å². The highest BCUT2D eigenvalue weighted by Gasteiger charge is 2.22. The Labute approximate surface area is 108 Å². The Morgan fingerprint density at radius 3 is 2.68 bits per heavy atom. The summed E-state index contributed by atoms with van der Waals surface area (Å²) in [6.07, 6.45) is 3.58. The third-order valence-corrected chi connectivity index (χ3v) is 2.90. The number of hydrogen-bond acceptors (Lipinski definition) is 2. The number of rotatable bonds is 3. The van der Waals surface area contributed by atoms with Crippen molar-refractivity contribution in [3.05, 3.63) is 53.1 Å². The molecule has 2 atom stereocenters. The van der Waals surface area contributed by atoms with E-state index in [2.05, 4.69) is 5.32 Å². The minimum atomic E-state index is -1.37. The van der Waals surface area contributed by atoms with E-state index in [-0.39, 0.29) is 11.3 Å². The first-order valence-electron chi connectivity index (χ1n) is 5.73. The van der Waals surface area contributed by atoms with E-state index in [9.17, 15) is 18.0 Å². The third kappa shape index (κ3) is 2.70. The van der Waals surface area contributed by atoms with Crippen molar-refractivity contribution in [1.29, 1.82) is 0 Å². The molecule has 5 heteroatoms. The van der Waals surface area contributed by atoms with Crippen LogP contribution in [0.15, 0.2) is 35.9 Å². The maximum atomic E-state index is 13.8. The van der Waals surface area contributed by atoms with Crippen LogP contribution in [-0.2, 0) is 0 Å². The number of hydrogen-bond donors (Lipinski definition) is 1. The molecule has 0 amide bonds. The van der Waals surface area contributed by atoms with Gasteiger partial charge in [-0.15, -0.1) is 0 Å². The van der Waals surface area contributed by atoms with Crippen molar-refractivity contribution in [2.75, 3.05) is 5.32 Å². The predicted molar refractivity (Wildman–Crippen MR) is 66.9 cm³/mol. The van der Waals surface area contributed by atoms with Crippen LogP contribution in [0.25, 0.3) is 0 Å². The second-order valence-electron chi connectivity index (χ2n) is 4.33. The fourth-order valence-corrected chi connectivity index (χ4v) is 1.88. The monoisotopic (exact) mass is 267 g/mol. The van der Waals surface area contributed by atoms with Gasteiger partial charge in [0.05, 0.1) is 11.7 Å². The van der Waals surface area contributed by atoms with Gasteiger partial charge in [-0.2, -0.15) is 0 Å². The first kappa shape index (κ1) is 13.4. The zero-order valence-electron chi connectivity index (χ0n) is 10.2. The van der Waals surface area contributed by atoms with Gasteiger partial charge in [0.25, 0.3) is 0 Å². The van der Waals surface area contributed by atoms with Gasteiger partial charge in [-0.3, -0.25) is 4.79 Å². The summed E-state index contributed by atoms with van der Waals surface area (Å²) in [6.45, 7) is 1.74. The Morgan fingerprint density at radius 1 is 1.32 bits per heavy atom. The maximum absolute atomic E-state index is 13.8. The average molecular weight is 267 g/mol. The summed E-state index contributed by atoms with van der Waals surface area (Å²) in [6, 6.07) is 1.17. The molecule has 2 nitrogen and oxygen atoms in total. The molecule has 100 valence electrons. The molecule has 0 heterocycles. The molecule has 1 aliphatic rings. The fraction of sp³-hybridized carbons (Fsp3) is 0.214. The smallest absolute Gasteiger partial charge is 0.182 e. The van der Waals surface area contributed by atoms with Crippen molar-refractivity contribution >= 4 is 12.0 Å². The largest absolute Gasteiger partial charge is 0.373 e. The highest BCUT2D eigenvalue weighted by atomic mass is 19.2. The highest BCUT2D eigenvalue weighted by molar-refractivity contribution is 5.84. The van der Waals surface area contributed by atoms with Crippen molar-refractivity contribution in [2.45, 2.75) is 19.1 Å². The standard InChI is InChI=1S/C14H12F3NO/c1-8-2-5-12(11(16)6-8)18-14-9(7-19)3-4-10(15)13(14)17/h2-7,11-12,18H,1H3. The number of benzene rings is 1. The van der Waals surface area contributed by atoms with Gasteiger partial charge in [0.2, 0.25) is 0 Å². The number of carbonyl (C=O) groups excluding carboxylic acids is 1. The quantitative estimate of drug-likeness (QED) is 0.850. The average Bonchev–Trinajstić information content (AvgIpc) is 2.38. The molecule has 0 aromatic heterocycles. The van der Waals surface area contributed by atoms with E-state index in [1.54, 1.807) is 13.0 Å². The summed E-state index contributed by atoms with van der Waals surface area (Å²) >= 11 is 0. The van der Waals surface area contributed by atoms with Crippen molar-refractivity contribution in [1.82, 2.24) is 0 Å². The minimum absolute atomic E-state index is 0.0502. The fourth-order valence-electron chi connectivity index (χ4n) is 1.88. The van der Waals surface area contributed by atoms with Gasteiger partial charge in [0, 0.05) is 5.56 Å². The van der Waals surface area contributed by atoms with Crippen LogP contribution < -0.4 is 5.32 Å². The lowest BCUT2D eigenvalue weighted by molar-refractivity contribution is 0.112. The molecule has 1 aliphatic carbocycles. The molecule has 2 rings (SSSR count). The molecule has 1 aromatic carbocycles. The number of halogens is 3. The molecule has 0 saturated carbocycles. The Kier molecular flexibility index (Phi) is 3.74. The second-order valence-corrected chi connectivity index (χ2v) is 4.33. The van der Waals surface area contributed by atoms with E-state index >= 15 is 0 Å². The number of carbonyl (C=O) groups is 1. The van der Waals surface area contributed by atoms with E-state index in [0.29, 0.717) is 6.29 Å². The van der Waals surface area contributed by atoms with Crippen molar-refractivity contribution in [3.63, 3.8) is 0 Å².